The molecule has 0 radical (unpaired) electrons. The van der Waals surface area contributed by atoms with Crippen LogP contribution in [0.25, 0.3) is 21.5 Å². The van der Waals surface area contributed by atoms with Crippen LogP contribution in [0.1, 0.15) is 59.7 Å². The second kappa shape index (κ2) is 14.1. The largest absolute Gasteiger partial charge is 2.00 e. The molecule has 6 rings (SSSR count). The Balaban J connectivity index is 0.000000641. The molecule has 0 aromatic heterocycles. The van der Waals surface area contributed by atoms with E-state index in [4.69, 9.17) is 0 Å². The van der Waals surface area contributed by atoms with Gasteiger partial charge in [-0.25, -0.2) is 12.1 Å². The van der Waals surface area contributed by atoms with Crippen molar-refractivity contribution >= 4 is 53.3 Å². The molecule has 0 nitrogen and oxygen atoms in total. The zero-order valence-electron chi connectivity index (χ0n) is 26.4. The molecule has 43 heavy (non-hydrogen) atoms. The number of rotatable bonds is 5. The predicted octanol–water partition coefficient (Wildman–Crippen LogP) is 10.8. The van der Waals surface area contributed by atoms with E-state index >= 15 is 0 Å². The molecule has 0 saturated heterocycles. The van der Waals surface area contributed by atoms with Crippen molar-refractivity contribution in [3.05, 3.63) is 139 Å². The third-order valence-corrected chi connectivity index (χ3v) is 14.4. The van der Waals surface area contributed by atoms with Crippen LogP contribution in [-0.2, 0) is 17.1 Å². The third kappa shape index (κ3) is 7.42. The minimum absolute atomic E-state index is 0. The summed E-state index contributed by atoms with van der Waals surface area (Å²) in [6.07, 6.45) is 0. The number of benzene rings is 4. The molecule has 0 aliphatic carbocycles. The quantitative estimate of drug-likeness (QED) is 0.0999. The van der Waals surface area contributed by atoms with Gasteiger partial charge in [0.2, 0.25) is 0 Å². The summed E-state index contributed by atoms with van der Waals surface area (Å²) in [5, 5.41) is 10.2. The minimum atomic E-state index is -0.779. The maximum Gasteiger partial charge on any atom is 2.00 e. The fourth-order valence-electron chi connectivity index (χ4n) is 6.72. The Morgan fingerprint density at radius 2 is 1.12 bits per heavy atom. The average molecular weight is 642 g/mol. The van der Waals surface area contributed by atoms with E-state index in [1.54, 1.807) is 0 Å². The van der Waals surface area contributed by atoms with Crippen LogP contribution in [-0.4, -0.2) is 10.3 Å². The zero-order valence-corrected chi connectivity index (χ0v) is 29.3. The molecule has 0 aliphatic heterocycles. The van der Waals surface area contributed by atoms with Gasteiger partial charge in [0.25, 0.3) is 0 Å². The summed E-state index contributed by atoms with van der Waals surface area (Å²) in [6, 6.07) is 49.8. The van der Waals surface area contributed by atoms with E-state index in [2.05, 4.69) is 152 Å². The summed E-state index contributed by atoms with van der Waals surface area (Å²) < 4.78 is 0. The van der Waals surface area contributed by atoms with Crippen LogP contribution in [0.3, 0.4) is 0 Å². The van der Waals surface area contributed by atoms with Gasteiger partial charge in [-0.3, -0.25) is 5.56 Å². The minimum Gasteiger partial charge on any atom is -0.368 e. The normalized spacial score (nSPS) is 12.7. The molecule has 0 bridgehead atoms. The van der Waals surface area contributed by atoms with E-state index in [9.17, 15) is 0 Å². The Labute approximate surface area is 272 Å². The van der Waals surface area contributed by atoms with E-state index in [0.717, 1.165) is 0 Å². The molecule has 0 saturated carbocycles. The van der Waals surface area contributed by atoms with E-state index < -0.39 is 7.92 Å². The van der Waals surface area contributed by atoms with Crippen molar-refractivity contribution in [1.82, 2.24) is 0 Å². The fraction of sp³-hybridized carbons (Fsp3) is 0.250. The van der Waals surface area contributed by atoms with Crippen LogP contribution in [0.2, 0.25) is 0 Å². The van der Waals surface area contributed by atoms with Crippen LogP contribution >= 0.6 is 15.8 Å². The fourth-order valence-corrected chi connectivity index (χ4v) is 14.5. The Morgan fingerprint density at radius 3 is 1.56 bits per heavy atom. The molecule has 0 unspecified atom stereocenters. The van der Waals surface area contributed by atoms with E-state index in [0.29, 0.717) is 5.66 Å². The van der Waals surface area contributed by atoms with Crippen molar-refractivity contribution in [2.24, 2.45) is 0 Å². The molecule has 0 aliphatic rings. The van der Waals surface area contributed by atoms with Crippen molar-refractivity contribution in [3.63, 3.8) is 0 Å². The van der Waals surface area contributed by atoms with Gasteiger partial charge in [-0.2, -0.15) is 18.2 Å². The third-order valence-electron chi connectivity index (χ3n) is 7.82. The van der Waals surface area contributed by atoms with Crippen LogP contribution in [0, 0.1) is 6.07 Å². The number of hydrogen-bond donors (Lipinski definition) is 0. The van der Waals surface area contributed by atoms with Crippen LogP contribution < -0.4 is 15.9 Å². The maximum atomic E-state index is 3.78. The summed E-state index contributed by atoms with van der Waals surface area (Å²) in [4.78, 5) is 0. The van der Waals surface area contributed by atoms with Gasteiger partial charge in [-0.05, 0) is 48.1 Å². The van der Waals surface area contributed by atoms with Gasteiger partial charge in [0.05, 0.1) is 0 Å². The van der Waals surface area contributed by atoms with Crippen molar-refractivity contribution < 1.29 is 17.1 Å². The predicted molar refractivity (Wildman–Crippen MR) is 191 cm³/mol. The molecule has 0 amide bonds. The monoisotopic (exact) mass is 641 g/mol. The first kappa shape index (κ1) is 33.4. The summed E-state index contributed by atoms with van der Waals surface area (Å²) in [7, 11) is -1.10. The van der Waals surface area contributed by atoms with Gasteiger partial charge in [-0.15, -0.1) is 7.92 Å². The molecular formula is C40H43FeP2-. The molecule has 0 N–H and O–H groups in total. The molecule has 6 aromatic rings. The summed E-state index contributed by atoms with van der Waals surface area (Å²) in [5.41, 5.74) is 1.87. The standard InChI is InChI=1S/C35H38P2.C5H5.Fe/c1-25(37(34(2,3)4)35(5,6)7)28-21-14-24-31(28)36(32-22-12-17-26-15-8-10-19-29(26)32)33-23-13-18-27-16-9-11-20-30(27)33;1-2-4-5-3-1;/h8-20,22-25H,1-7H3;1-5H;/q-2;-1;+2/t25-;;/m1../s1. The van der Waals surface area contributed by atoms with Crippen LogP contribution in [0.5, 0.6) is 0 Å². The number of fused-ring (bicyclic) bond motifs is 2. The van der Waals surface area contributed by atoms with Gasteiger partial charge in [0, 0.05) is 0 Å². The van der Waals surface area contributed by atoms with E-state index in [-0.39, 0.29) is 35.3 Å². The molecule has 3 heteroatoms. The summed E-state index contributed by atoms with van der Waals surface area (Å²) in [5.74, 6) is 0. The number of hydrogen-bond acceptors (Lipinski definition) is 0. The Hall–Kier alpha value is -2.52. The van der Waals surface area contributed by atoms with Crippen molar-refractivity contribution in [2.75, 3.05) is 0 Å². The van der Waals surface area contributed by atoms with Gasteiger partial charge in [0.1, 0.15) is 0 Å². The van der Waals surface area contributed by atoms with Gasteiger partial charge in [0.15, 0.2) is 0 Å². The van der Waals surface area contributed by atoms with Crippen LogP contribution in [0.15, 0.2) is 127 Å². The first-order valence-electron chi connectivity index (χ1n) is 15.0. The van der Waals surface area contributed by atoms with Crippen molar-refractivity contribution in [2.45, 2.75) is 64.4 Å². The smallest absolute Gasteiger partial charge is 0.368 e. The summed E-state index contributed by atoms with van der Waals surface area (Å²) >= 11 is 0. The maximum absolute atomic E-state index is 3.78. The molecule has 222 valence electrons. The average Bonchev–Trinajstić information content (AvgIpc) is 3.68. The Morgan fingerprint density at radius 1 is 0.651 bits per heavy atom. The molecule has 1 atom stereocenters. The second-order valence-corrected chi connectivity index (χ2v) is 19.3. The van der Waals surface area contributed by atoms with Crippen molar-refractivity contribution in [3.8, 4) is 0 Å². The molecule has 0 spiro atoms. The van der Waals surface area contributed by atoms with Gasteiger partial charge in [-0.1, -0.05) is 141 Å². The van der Waals surface area contributed by atoms with Crippen molar-refractivity contribution in [1.29, 1.82) is 0 Å². The SMILES string of the molecule is C[C@H](c1[c-]cc[c-]1P(c1cccc2ccccc12)c1cccc2ccccc12)P(C(C)(C)C)C(C)(C)C.[Fe+2].c1cc[cH-]c1. The Kier molecular flexibility index (Phi) is 10.9. The molecule has 0 heterocycles. The Bertz CT molecular complexity index is 1610. The molecule has 0 fully saturated rings. The molecular weight excluding hydrogens is 598 g/mol. The zero-order chi connectivity index (χ0) is 29.9. The van der Waals surface area contributed by atoms with E-state index in [1.807, 2.05) is 30.3 Å². The van der Waals surface area contributed by atoms with Gasteiger partial charge >= 0.3 is 17.1 Å². The molecule has 6 aromatic carbocycles. The first-order valence-corrected chi connectivity index (χ1v) is 17.7. The van der Waals surface area contributed by atoms with Gasteiger partial charge < -0.3 is 23.5 Å². The topological polar surface area (TPSA) is 0 Å². The van der Waals surface area contributed by atoms with E-state index in [1.165, 1.54) is 43.0 Å². The second-order valence-electron chi connectivity index (χ2n) is 13.0. The first-order chi connectivity index (χ1) is 20.1. The van der Waals surface area contributed by atoms with Crippen LogP contribution in [0.4, 0.5) is 0 Å². The summed E-state index contributed by atoms with van der Waals surface area (Å²) in [6.45, 7) is 17.1.